The number of halogens is 1. The maximum absolute atomic E-state index is 12.3. The first-order chi connectivity index (χ1) is 13.7. The molecule has 0 fully saturated rings. The van der Waals surface area contributed by atoms with E-state index in [0.29, 0.717) is 6.42 Å². The third kappa shape index (κ3) is 3.99. The Morgan fingerprint density at radius 1 is 1.24 bits per heavy atom. The van der Waals surface area contributed by atoms with E-state index in [4.69, 9.17) is 11.6 Å². The smallest absolute Gasteiger partial charge is 0.257 e. The number of nitrogens with zero attached hydrogens (tertiary/aromatic N) is 1. The zero-order chi connectivity index (χ0) is 21.3. The summed E-state index contributed by atoms with van der Waals surface area (Å²) in [4.78, 5) is 38.9. The van der Waals surface area contributed by atoms with Gasteiger partial charge in [-0.05, 0) is 30.0 Å². The van der Waals surface area contributed by atoms with Crippen LogP contribution in [0.5, 0.6) is 5.75 Å². The number of benzene rings is 1. The number of carbonyl (C=O) groups is 1. The van der Waals surface area contributed by atoms with E-state index in [-0.39, 0.29) is 39.4 Å². The molecule has 3 rings (SSSR count). The van der Waals surface area contributed by atoms with Crippen molar-refractivity contribution < 1.29 is 9.90 Å². The molecule has 3 aromatic rings. The molecule has 0 aliphatic carbocycles. The molecule has 0 saturated carbocycles. The molecule has 1 amide bonds. The lowest BCUT2D eigenvalue weighted by Gasteiger charge is -2.21. The van der Waals surface area contributed by atoms with Crippen molar-refractivity contribution in [3.8, 4) is 5.75 Å². The number of amides is 1. The molecule has 0 spiro atoms. The number of nitrogens with one attached hydrogen (secondary N) is 2. The molecule has 152 valence electrons. The number of carbonyl (C=O) groups excluding carboxylic acids is 1. The fourth-order valence-electron chi connectivity index (χ4n) is 2.92. The number of anilines is 3. The van der Waals surface area contributed by atoms with Gasteiger partial charge in [0, 0.05) is 24.0 Å². The third-order valence-corrected chi connectivity index (χ3v) is 5.70. The van der Waals surface area contributed by atoms with Crippen molar-refractivity contribution in [1.29, 1.82) is 0 Å². The van der Waals surface area contributed by atoms with Gasteiger partial charge in [0.15, 0.2) is 5.75 Å². The predicted octanol–water partition coefficient (Wildman–Crippen LogP) is 3.71. The third-order valence-electron chi connectivity index (χ3n) is 4.49. The summed E-state index contributed by atoms with van der Waals surface area (Å²) in [5.41, 5.74) is -1.09. The number of thiophene rings is 1. The van der Waals surface area contributed by atoms with Gasteiger partial charge >= 0.3 is 0 Å². The van der Waals surface area contributed by atoms with Gasteiger partial charge in [-0.1, -0.05) is 24.6 Å². The van der Waals surface area contributed by atoms with Gasteiger partial charge in [-0.3, -0.25) is 14.4 Å². The topological polar surface area (TPSA) is 98.7 Å². The van der Waals surface area contributed by atoms with E-state index in [1.165, 1.54) is 17.0 Å². The second kappa shape index (κ2) is 8.26. The minimum atomic E-state index is -0.701. The predicted molar refractivity (Wildman–Crippen MR) is 117 cm³/mol. The number of hydrogen-bond acceptors (Lipinski definition) is 7. The quantitative estimate of drug-likeness (QED) is 0.388. The highest BCUT2D eigenvalue weighted by atomic mass is 35.5. The van der Waals surface area contributed by atoms with Crippen molar-refractivity contribution >= 4 is 45.9 Å². The van der Waals surface area contributed by atoms with E-state index in [0.717, 1.165) is 4.88 Å². The molecule has 1 aromatic heterocycles. The van der Waals surface area contributed by atoms with Gasteiger partial charge < -0.3 is 20.6 Å². The molecule has 0 radical (unpaired) electrons. The van der Waals surface area contributed by atoms with Crippen molar-refractivity contribution in [2.24, 2.45) is 0 Å². The number of hydrogen-bond donors (Lipinski definition) is 3. The van der Waals surface area contributed by atoms with Crippen LogP contribution >= 0.6 is 22.9 Å². The fourth-order valence-corrected chi connectivity index (χ4v) is 4.00. The van der Waals surface area contributed by atoms with Crippen LogP contribution in [0.15, 0.2) is 39.2 Å². The number of rotatable bonds is 7. The Balaban J connectivity index is 1.95. The largest absolute Gasteiger partial charge is 0.505 e. The molecular weight excluding hydrogens is 414 g/mol. The lowest BCUT2D eigenvalue weighted by atomic mass is 10.1. The van der Waals surface area contributed by atoms with Crippen LogP contribution in [0.3, 0.4) is 0 Å². The molecule has 0 aliphatic heterocycles. The van der Waals surface area contributed by atoms with Gasteiger partial charge in [0.1, 0.15) is 11.4 Å². The van der Waals surface area contributed by atoms with Crippen LogP contribution in [-0.2, 0) is 0 Å². The van der Waals surface area contributed by atoms with Gasteiger partial charge in [-0.15, -0.1) is 11.3 Å². The first-order valence-corrected chi connectivity index (χ1v) is 10.1. The molecule has 0 bridgehead atoms. The average Bonchev–Trinajstić information content (AvgIpc) is 3.23. The molecular formula is C20H20ClN3O4S. The van der Waals surface area contributed by atoms with Crippen LogP contribution in [-0.4, -0.2) is 30.0 Å². The Morgan fingerprint density at radius 3 is 2.52 bits per heavy atom. The molecule has 0 unspecified atom stereocenters. The number of phenolic OH excluding ortho intramolecular Hbond substituents is 1. The highest BCUT2D eigenvalue weighted by Gasteiger charge is 2.26. The van der Waals surface area contributed by atoms with Crippen LogP contribution in [0, 0.1) is 0 Å². The molecule has 7 nitrogen and oxygen atoms in total. The minimum Gasteiger partial charge on any atom is -0.505 e. The van der Waals surface area contributed by atoms with Gasteiger partial charge in [0.05, 0.1) is 17.3 Å². The normalized spacial score (nSPS) is 12.0. The Labute approximate surface area is 176 Å². The maximum Gasteiger partial charge on any atom is 0.257 e. The second-order valence-electron chi connectivity index (χ2n) is 6.70. The summed E-state index contributed by atoms with van der Waals surface area (Å²) in [5, 5.41) is 18.5. The summed E-state index contributed by atoms with van der Waals surface area (Å²) < 4.78 is 0. The Kier molecular flexibility index (Phi) is 5.95. The van der Waals surface area contributed by atoms with E-state index in [9.17, 15) is 19.5 Å². The molecule has 9 heteroatoms. The maximum atomic E-state index is 12.3. The summed E-state index contributed by atoms with van der Waals surface area (Å²) in [6.07, 6.45) is 0.711. The van der Waals surface area contributed by atoms with Crippen molar-refractivity contribution in [1.82, 2.24) is 4.90 Å². The van der Waals surface area contributed by atoms with E-state index >= 15 is 0 Å². The molecule has 29 heavy (non-hydrogen) atoms. The van der Waals surface area contributed by atoms with Crippen molar-refractivity contribution in [2.75, 3.05) is 24.7 Å². The monoisotopic (exact) mass is 433 g/mol. The van der Waals surface area contributed by atoms with E-state index in [1.54, 1.807) is 25.4 Å². The van der Waals surface area contributed by atoms with Crippen molar-refractivity contribution in [3.63, 3.8) is 0 Å². The summed E-state index contributed by atoms with van der Waals surface area (Å²) >= 11 is 7.64. The van der Waals surface area contributed by atoms with Crippen molar-refractivity contribution in [2.45, 2.75) is 19.4 Å². The summed E-state index contributed by atoms with van der Waals surface area (Å²) in [5.74, 6) is -0.794. The average molecular weight is 434 g/mol. The summed E-state index contributed by atoms with van der Waals surface area (Å²) in [6, 6.07) is 6.47. The first kappa shape index (κ1) is 20.9. The second-order valence-corrected chi connectivity index (χ2v) is 8.12. The highest BCUT2D eigenvalue weighted by Crippen LogP contribution is 2.36. The Bertz CT molecular complexity index is 1120. The van der Waals surface area contributed by atoms with Gasteiger partial charge in [-0.25, -0.2) is 0 Å². The van der Waals surface area contributed by atoms with Crippen LogP contribution in [0.1, 0.15) is 34.6 Å². The summed E-state index contributed by atoms with van der Waals surface area (Å²) in [6.45, 7) is 1.97. The van der Waals surface area contributed by atoms with E-state index in [1.807, 2.05) is 24.4 Å². The minimum absolute atomic E-state index is 0.0109. The van der Waals surface area contributed by atoms with Crippen LogP contribution in [0.25, 0.3) is 0 Å². The molecule has 3 N–H and O–H groups in total. The van der Waals surface area contributed by atoms with Crippen molar-refractivity contribution in [3.05, 3.63) is 65.6 Å². The molecule has 2 aromatic carbocycles. The van der Waals surface area contributed by atoms with E-state index < -0.39 is 16.8 Å². The number of phenols is 1. The van der Waals surface area contributed by atoms with Gasteiger partial charge in [0.2, 0.25) is 0 Å². The van der Waals surface area contributed by atoms with Gasteiger partial charge in [-0.2, -0.15) is 0 Å². The SMILES string of the molecule is CC[C@@H](Nc1c(Nc2cc(Cl)cc(C(=O)N(C)C)c2O)c(=O)c1=O)c1cccs1. The van der Waals surface area contributed by atoms with E-state index in [2.05, 4.69) is 10.6 Å². The van der Waals surface area contributed by atoms with Crippen LogP contribution in [0.4, 0.5) is 17.1 Å². The molecule has 0 saturated heterocycles. The Hall–Kier alpha value is -2.84. The summed E-state index contributed by atoms with van der Waals surface area (Å²) in [7, 11) is 3.09. The lowest BCUT2D eigenvalue weighted by Crippen LogP contribution is -2.37. The number of aromatic hydroxyl groups is 1. The zero-order valence-corrected chi connectivity index (χ0v) is 17.6. The lowest BCUT2D eigenvalue weighted by molar-refractivity contribution is 0.0824. The standard InChI is InChI=1S/C20H20ClN3O4S/c1-4-12(14-6-5-7-29-14)22-15-16(19(27)18(15)26)23-13-9-10(21)8-11(17(13)25)20(28)24(2)3/h5-9,12,22-23,25H,4H2,1-3H3/t12-/m1/s1. The van der Waals surface area contributed by atoms with Crippen LogP contribution < -0.4 is 21.5 Å². The molecule has 0 aliphatic rings. The first-order valence-electron chi connectivity index (χ1n) is 8.89. The highest BCUT2D eigenvalue weighted by molar-refractivity contribution is 7.10. The van der Waals surface area contributed by atoms with Crippen LogP contribution in [0.2, 0.25) is 5.02 Å². The Morgan fingerprint density at radius 2 is 1.93 bits per heavy atom. The zero-order valence-electron chi connectivity index (χ0n) is 16.1. The fraction of sp³-hybridized carbons (Fsp3) is 0.250. The van der Waals surface area contributed by atoms with Gasteiger partial charge in [0.25, 0.3) is 16.8 Å². The molecule has 1 heterocycles. The molecule has 1 atom stereocenters.